The minimum Gasteiger partial charge on any atom is -0.467 e. The fraction of sp³-hybridized carbons (Fsp3) is 0.364. The summed E-state index contributed by atoms with van der Waals surface area (Å²) < 4.78 is 18.2. The standard InChI is InChI=1S/C22H24N4O4/c1-25-19-6-2-5-17(19)18(24-25)13-26(12-16-4-3-9-28-16)22(27)23-11-15-7-8-20-21(10-15)30-14-29-20/h3-4,7-10H,2,5-6,11-14H2,1H3,(H,23,27). The molecular formula is C22H24N4O4. The first-order chi connectivity index (χ1) is 14.7. The number of ether oxygens (including phenoxy) is 2. The highest BCUT2D eigenvalue weighted by Crippen LogP contribution is 2.32. The van der Waals surface area contributed by atoms with Gasteiger partial charge in [-0.2, -0.15) is 5.10 Å². The number of benzene rings is 1. The van der Waals surface area contributed by atoms with Gasteiger partial charge in [-0.15, -0.1) is 0 Å². The van der Waals surface area contributed by atoms with Gasteiger partial charge in [0, 0.05) is 19.3 Å². The van der Waals surface area contributed by atoms with Crippen LogP contribution in [0.5, 0.6) is 11.5 Å². The first-order valence-electron chi connectivity index (χ1n) is 10.1. The van der Waals surface area contributed by atoms with Crippen molar-refractivity contribution in [3.63, 3.8) is 0 Å². The number of amides is 2. The van der Waals surface area contributed by atoms with Crippen molar-refractivity contribution in [1.82, 2.24) is 20.0 Å². The fourth-order valence-corrected chi connectivity index (χ4v) is 4.14. The lowest BCUT2D eigenvalue weighted by atomic mass is 10.2. The lowest BCUT2D eigenvalue weighted by Gasteiger charge is -2.22. The molecule has 0 unspecified atom stereocenters. The van der Waals surface area contributed by atoms with E-state index in [0.717, 1.165) is 42.0 Å². The molecule has 2 aromatic heterocycles. The van der Waals surface area contributed by atoms with Crippen LogP contribution in [0.25, 0.3) is 0 Å². The van der Waals surface area contributed by atoms with Crippen molar-refractivity contribution in [2.75, 3.05) is 6.79 Å². The van der Waals surface area contributed by atoms with Crippen LogP contribution in [-0.4, -0.2) is 27.5 Å². The van der Waals surface area contributed by atoms with Crippen molar-refractivity contribution in [3.8, 4) is 11.5 Å². The minimum absolute atomic E-state index is 0.165. The van der Waals surface area contributed by atoms with E-state index < -0.39 is 0 Å². The first kappa shape index (κ1) is 18.6. The number of fused-ring (bicyclic) bond motifs is 2. The fourth-order valence-electron chi connectivity index (χ4n) is 4.14. The average molecular weight is 408 g/mol. The molecule has 0 spiro atoms. The highest BCUT2D eigenvalue weighted by molar-refractivity contribution is 5.74. The van der Waals surface area contributed by atoms with E-state index in [0.29, 0.717) is 25.4 Å². The Hall–Kier alpha value is -3.42. The SMILES string of the molecule is Cn1nc(CN(Cc2ccco2)C(=O)NCc2ccc3c(c2)OCO3)c2c1CCC2. The maximum Gasteiger partial charge on any atom is 0.318 e. The second-order valence-electron chi connectivity index (χ2n) is 7.63. The van der Waals surface area contributed by atoms with Gasteiger partial charge >= 0.3 is 6.03 Å². The first-order valence-corrected chi connectivity index (χ1v) is 10.1. The van der Waals surface area contributed by atoms with E-state index in [4.69, 9.17) is 13.9 Å². The number of nitrogens with one attached hydrogen (secondary N) is 1. The maximum atomic E-state index is 13.1. The quantitative estimate of drug-likeness (QED) is 0.678. The lowest BCUT2D eigenvalue weighted by Crippen LogP contribution is -2.39. The number of hydrogen-bond acceptors (Lipinski definition) is 5. The number of furan rings is 1. The molecule has 5 rings (SSSR count). The van der Waals surface area contributed by atoms with E-state index in [2.05, 4.69) is 10.4 Å². The van der Waals surface area contributed by atoms with Gasteiger partial charge < -0.3 is 24.1 Å². The molecular weight excluding hydrogens is 384 g/mol. The van der Waals surface area contributed by atoms with E-state index >= 15 is 0 Å². The molecule has 2 amide bonds. The summed E-state index contributed by atoms with van der Waals surface area (Å²) >= 11 is 0. The van der Waals surface area contributed by atoms with Gasteiger partial charge in [0.15, 0.2) is 11.5 Å². The smallest absolute Gasteiger partial charge is 0.318 e. The summed E-state index contributed by atoms with van der Waals surface area (Å²) in [5, 5.41) is 7.69. The van der Waals surface area contributed by atoms with E-state index in [1.54, 1.807) is 11.2 Å². The topological polar surface area (TPSA) is 81.8 Å². The van der Waals surface area contributed by atoms with Crippen LogP contribution >= 0.6 is 0 Å². The van der Waals surface area contributed by atoms with Gasteiger partial charge in [0.05, 0.1) is 25.0 Å². The third-order valence-electron chi connectivity index (χ3n) is 5.63. The number of urea groups is 1. The van der Waals surface area contributed by atoms with E-state index in [1.807, 2.05) is 42.1 Å². The number of aryl methyl sites for hydroxylation is 1. The zero-order valence-electron chi connectivity index (χ0n) is 16.9. The van der Waals surface area contributed by atoms with Gasteiger partial charge in [-0.05, 0) is 54.7 Å². The van der Waals surface area contributed by atoms with E-state index in [1.165, 1.54) is 11.3 Å². The maximum absolute atomic E-state index is 13.1. The Labute approximate surface area is 174 Å². The molecule has 30 heavy (non-hydrogen) atoms. The van der Waals surface area contributed by atoms with E-state index in [-0.39, 0.29) is 12.8 Å². The van der Waals surface area contributed by atoms with Crippen molar-refractivity contribution in [3.05, 3.63) is 64.9 Å². The Bertz CT molecular complexity index is 1060. The zero-order chi connectivity index (χ0) is 20.5. The number of aromatic nitrogens is 2. The van der Waals surface area contributed by atoms with Crippen LogP contribution in [0.3, 0.4) is 0 Å². The highest BCUT2D eigenvalue weighted by atomic mass is 16.7. The molecule has 8 heteroatoms. The molecule has 1 aromatic carbocycles. The average Bonchev–Trinajstić information content (AvgIpc) is 3.53. The number of carbonyl (C=O) groups is 1. The monoisotopic (exact) mass is 408 g/mol. The Kier molecular flexibility index (Phi) is 4.82. The Balaban J connectivity index is 1.31. The molecule has 2 aliphatic rings. The van der Waals surface area contributed by atoms with Crippen LogP contribution in [-0.2, 0) is 39.5 Å². The van der Waals surface area contributed by atoms with E-state index in [9.17, 15) is 4.79 Å². The predicted molar refractivity (Wildman–Crippen MR) is 108 cm³/mol. The largest absolute Gasteiger partial charge is 0.467 e. The van der Waals surface area contributed by atoms with Gasteiger partial charge in [-0.1, -0.05) is 6.07 Å². The Morgan fingerprint density at radius 3 is 2.97 bits per heavy atom. The molecule has 3 aromatic rings. The summed E-state index contributed by atoms with van der Waals surface area (Å²) in [6, 6.07) is 9.22. The Morgan fingerprint density at radius 2 is 2.10 bits per heavy atom. The van der Waals surface area contributed by atoms with Gasteiger partial charge in [-0.25, -0.2) is 4.79 Å². The van der Waals surface area contributed by atoms with Crippen LogP contribution in [0.4, 0.5) is 4.79 Å². The molecule has 8 nitrogen and oxygen atoms in total. The third-order valence-corrected chi connectivity index (χ3v) is 5.63. The number of hydrogen-bond donors (Lipinski definition) is 1. The summed E-state index contributed by atoms with van der Waals surface area (Å²) in [5.74, 6) is 2.17. The minimum atomic E-state index is -0.165. The molecule has 1 aliphatic heterocycles. The van der Waals surface area contributed by atoms with Crippen molar-refractivity contribution < 1.29 is 18.7 Å². The summed E-state index contributed by atoms with van der Waals surface area (Å²) in [7, 11) is 1.98. The second kappa shape index (κ2) is 7.78. The Morgan fingerprint density at radius 1 is 1.20 bits per heavy atom. The molecule has 0 saturated carbocycles. The second-order valence-corrected chi connectivity index (χ2v) is 7.63. The van der Waals surface area contributed by atoms with Crippen molar-refractivity contribution in [2.45, 2.75) is 38.9 Å². The van der Waals surface area contributed by atoms with Crippen LogP contribution in [0, 0.1) is 0 Å². The van der Waals surface area contributed by atoms with Gasteiger partial charge in [0.2, 0.25) is 6.79 Å². The van der Waals surface area contributed by atoms with Gasteiger partial charge in [0.25, 0.3) is 0 Å². The molecule has 0 fully saturated rings. The van der Waals surface area contributed by atoms with Crippen LogP contribution in [0.2, 0.25) is 0 Å². The van der Waals surface area contributed by atoms with Gasteiger partial charge in [0.1, 0.15) is 5.76 Å². The highest BCUT2D eigenvalue weighted by Gasteiger charge is 2.25. The van der Waals surface area contributed by atoms with Crippen molar-refractivity contribution in [1.29, 1.82) is 0 Å². The number of carbonyl (C=O) groups excluding carboxylic acids is 1. The molecule has 3 heterocycles. The van der Waals surface area contributed by atoms with Gasteiger partial charge in [-0.3, -0.25) is 4.68 Å². The molecule has 0 atom stereocenters. The lowest BCUT2D eigenvalue weighted by molar-refractivity contribution is 0.174. The normalized spacial score (nSPS) is 14.0. The van der Waals surface area contributed by atoms with Crippen LogP contribution in [0.15, 0.2) is 41.0 Å². The van der Waals surface area contributed by atoms with Crippen LogP contribution in [0.1, 0.15) is 34.7 Å². The molecule has 1 aliphatic carbocycles. The number of nitrogens with zero attached hydrogens (tertiary/aromatic N) is 3. The summed E-state index contributed by atoms with van der Waals surface area (Å²) in [5.41, 5.74) is 4.48. The summed E-state index contributed by atoms with van der Waals surface area (Å²) in [4.78, 5) is 14.8. The molecule has 0 bridgehead atoms. The molecule has 1 N–H and O–H groups in total. The molecule has 0 saturated heterocycles. The van der Waals surface area contributed by atoms with Crippen molar-refractivity contribution in [2.24, 2.45) is 7.05 Å². The van der Waals surface area contributed by atoms with Crippen LogP contribution < -0.4 is 14.8 Å². The third kappa shape index (κ3) is 3.60. The molecule has 156 valence electrons. The zero-order valence-corrected chi connectivity index (χ0v) is 16.9. The van der Waals surface area contributed by atoms with Crippen molar-refractivity contribution >= 4 is 6.03 Å². The molecule has 0 radical (unpaired) electrons. The summed E-state index contributed by atoms with van der Waals surface area (Å²) in [6.45, 7) is 1.45. The predicted octanol–water partition coefficient (Wildman–Crippen LogP) is 3.14. The number of rotatable bonds is 6. The summed E-state index contributed by atoms with van der Waals surface area (Å²) in [6.07, 6.45) is 4.83.